The summed E-state index contributed by atoms with van der Waals surface area (Å²) in [7, 11) is 0. The first kappa shape index (κ1) is 14.7. The summed E-state index contributed by atoms with van der Waals surface area (Å²) >= 11 is 0. The van der Waals surface area contributed by atoms with E-state index in [2.05, 4.69) is 0 Å². The van der Waals surface area contributed by atoms with Gasteiger partial charge in [0.1, 0.15) is 5.56 Å². The Bertz CT molecular complexity index is 995. The molecule has 0 radical (unpaired) electrons. The molecule has 3 rings (SSSR count). The molecule has 0 saturated heterocycles. The van der Waals surface area contributed by atoms with Crippen LogP contribution in [0.15, 0.2) is 47.4 Å². The van der Waals surface area contributed by atoms with Crippen LogP contribution in [0.25, 0.3) is 16.6 Å². The second-order valence-corrected chi connectivity index (χ2v) is 4.92. The van der Waals surface area contributed by atoms with Crippen LogP contribution in [0.3, 0.4) is 0 Å². The normalized spacial score (nSPS) is 10.9. The molecule has 0 fully saturated rings. The van der Waals surface area contributed by atoms with Crippen molar-refractivity contribution in [1.82, 2.24) is 4.57 Å². The number of hydrogen-bond acceptors (Lipinski definition) is 3. The molecule has 0 aliphatic carbocycles. The number of rotatable bonds is 2. The summed E-state index contributed by atoms with van der Waals surface area (Å²) in [6.07, 6.45) is 1.08. The van der Waals surface area contributed by atoms with Gasteiger partial charge in [-0.15, -0.1) is 0 Å². The van der Waals surface area contributed by atoms with Crippen molar-refractivity contribution in [2.45, 2.75) is 0 Å². The summed E-state index contributed by atoms with van der Waals surface area (Å²) in [5, 5.41) is 8.94. The molecule has 0 unspecified atom stereocenters. The maximum Gasteiger partial charge on any atom is 0.341 e. The van der Waals surface area contributed by atoms with Crippen molar-refractivity contribution in [3.8, 4) is 5.69 Å². The summed E-state index contributed by atoms with van der Waals surface area (Å²) in [5.74, 6) is -3.81. The quantitative estimate of drug-likeness (QED) is 0.712. The highest BCUT2D eigenvalue weighted by Gasteiger charge is 2.17. The van der Waals surface area contributed by atoms with Gasteiger partial charge < -0.3 is 15.4 Å². The Morgan fingerprint density at radius 2 is 1.70 bits per heavy atom. The van der Waals surface area contributed by atoms with Crippen molar-refractivity contribution in [2.75, 3.05) is 5.73 Å². The number of pyridine rings is 1. The fourth-order valence-corrected chi connectivity index (χ4v) is 2.32. The molecule has 2 aromatic carbocycles. The van der Waals surface area contributed by atoms with Crippen molar-refractivity contribution in [2.24, 2.45) is 0 Å². The zero-order valence-corrected chi connectivity index (χ0v) is 11.6. The number of nitrogens with zero attached hydrogens (tertiary/aromatic N) is 1. The number of aromatic carboxylic acids is 1. The van der Waals surface area contributed by atoms with Crippen LogP contribution < -0.4 is 11.2 Å². The molecule has 0 spiro atoms. The van der Waals surface area contributed by atoms with Crippen molar-refractivity contribution >= 4 is 22.6 Å². The van der Waals surface area contributed by atoms with Gasteiger partial charge in [0.25, 0.3) is 0 Å². The predicted molar refractivity (Wildman–Crippen MR) is 80.8 cm³/mol. The van der Waals surface area contributed by atoms with E-state index in [1.165, 1.54) is 4.57 Å². The third-order valence-electron chi connectivity index (χ3n) is 3.45. The molecule has 1 heterocycles. The van der Waals surface area contributed by atoms with Gasteiger partial charge in [0.05, 0.1) is 10.9 Å². The first-order valence-electron chi connectivity index (χ1n) is 6.52. The van der Waals surface area contributed by atoms with Crippen LogP contribution in [-0.4, -0.2) is 15.6 Å². The topological polar surface area (TPSA) is 85.3 Å². The van der Waals surface area contributed by atoms with Gasteiger partial charge in [0.15, 0.2) is 11.6 Å². The lowest BCUT2D eigenvalue weighted by Gasteiger charge is -2.13. The number of aromatic nitrogens is 1. The minimum atomic E-state index is -1.45. The molecular weight excluding hydrogens is 306 g/mol. The van der Waals surface area contributed by atoms with Gasteiger partial charge in [0, 0.05) is 23.6 Å². The standard InChI is InChI=1S/C16H10F2N2O3/c17-12-5-10-14(6-13(12)18)20(7-11(15(10)21)16(22)23)9-3-1-8(19)2-4-9/h1-7H,19H2,(H,22,23). The number of carboxylic acid groups (broad SMARTS) is 1. The Morgan fingerprint density at radius 3 is 2.30 bits per heavy atom. The van der Waals surface area contributed by atoms with E-state index in [1.807, 2.05) is 0 Å². The molecule has 0 atom stereocenters. The summed E-state index contributed by atoms with van der Waals surface area (Å²) in [6, 6.07) is 7.85. The molecule has 0 saturated carbocycles. The Kier molecular flexibility index (Phi) is 3.33. The second-order valence-electron chi connectivity index (χ2n) is 4.92. The number of halogens is 2. The number of carbonyl (C=O) groups is 1. The van der Waals surface area contributed by atoms with E-state index >= 15 is 0 Å². The highest BCUT2D eigenvalue weighted by atomic mass is 19.2. The number of fused-ring (bicyclic) bond motifs is 1. The molecule has 1 aromatic heterocycles. The van der Waals surface area contributed by atoms with Crippen LogP contribution in [0.2, 0.25) is 0 Å². The van der Waals surface area contributed by atoms with Gasteiger partial charge in [-0.2, -0.15) is 0 Å². The van der Waals surface area contributed by atoms with Gasteiger partial charge in [-0.1, -0.05) is 0 Å². The molecule has 3 N–H and O–H groups in total. The van der Waals surface area contributed by atoms with Crippen molar-refractivity contribution < 1.29 is 18.7 Å². The van der Waals surface area contributed by atoms with E-state index in [9.17, 15) is 18.4 Å². The van der Waals surface area contributed by atoms with Crippen LogP contribution in [0.4, 0.5) is 14.5 Å². The number of anilines is 1. The van der Waals surface area contributed by atoms with Gasteiger partial charge in [0.2, 0.25) is 5.43 Å². The van der Waals surface area contributed by atoms with Gasteiger partial charge >= 0.3 is 5.97 Å². The van der Waals surface area contributed by atoms with Crippen LogP contribution in [-0.2, 0) is 0 Å². The summed E-state index contributed by atoms with van der Waals surface area (Å²) in [5.41, 5.74) is 5.18. The van der Waals surface area contributed by atoms with E-state index in [4.69, 9.17) is 10.8 Å². The lowest BCUT2D eigenvalue weighted by molar-refractivity contribution is 0.0695. The third-order valence-corrected chi connectivity index (χ3v) is 3.45. The summed E-state index contributed by atoms with van der Waals surface area (Å²) in [4.78, 5) is 23.4. The highest BCUT2D eigenvalue weighted by Crippen LogP contribution is 2.21. The summed E-state index contributed by atoms with van der Waals surface area (Å²) in [6.45, 7) is 0. The largest absolute Gasteiger partial charge is 0.477 e. The lowest BCUT2D eigenvalue weighted by atomic mass is 10.1. The number of nitrogens with two attached hydrogens (primary N) is 1. The van der Waals surface area contributed by atoms with Crippen LogP contribution in [0.1, 0.15) is 10.4 Å². The minimum Gasteiger partial charge on any atom is -0.477 e. The molecule has 0 amide bonds. The van der Waals surface area contributed by atoms with E-state index < -0.39 is 28.6 Å². The maximum absolute atomic E-state index is 13.6. The van der Waals surface area contributed by atoms with Gasteiger partial charge in [-0.25, -0.2) is 13.6 Å². The first-order chi connectivity index (χ1) is 10.9. The Balaban J connectivity index is 2.46. The number of carboxylic acids is 1. The molecule has 116 valence electrons. The zero-order chi connectivity index (χ0) is 16.7. The molecule has 3 aromatic rings. The van der Waals surface area contributed by atoms with Crippen molar-refractivity contribution in [3.63, 3.8) is 0 Å². The Labute approximate surface area is 128 Å². The van der Waals surface area contributed by atoms with Crippen LogP contribution in [0.5, 0.6) is 0 Å². The SMILES string of the molecule is Nc1ccc(-n2cc(C(=O)O)c(=O)c3cc(F)c(F)cc32)cc1. The molecule has 7 heteroatoms. The number of benzene rings is 2. The fourth-order valence-electron chi connectivity index (χ4n) is 2.32. The van der Waals surface area contributed by atoms with Gasteiger partial charge in [-0.05, 0) is 30.3 Å². The highest BCUT2D eigenvalue weighted by molar-refractivity contribution is 5.93. The van der Waals surface area contributed by atoms with E-state index in [-0.39, 0.29) is 10.9 Å². The fraction of sp³-hybridized carbons (Fsp3) is 0. The van der Waals surface area contributed by atoms with Crippen molar-refractivity contribution in [1.29, 1.82) is 0 Å². The smallest absolute Gasteiger partial charge is 0.341 e. The van der Waals surface area contributed by atoms with E-state index in [0.717, 1.165) is 12.3 Å². The Hall–Kier alpha value is -3.22. The predicted octanol–water partition coefficient (Wildman–Crippen LogP) is 2.55. The van der Waals surface area contributed by atoms with Crippen molar-refractivity contribution in [3.05, 3.63) is 70.0 Å². The molecule has 0 aliphatic rings. The van der Waals surface area contributed by atoms with Gasteiger partial charge in [-0.3, -0.25) is 4.79 Å². The average molecular weight is 316 g/mol. The average Bonchev–Trinajstić information content (AvgIpc) is 2.50. The Morgan fingerprint density at radius 1 is 1.09 bits per heavy atom. The number of nitrogen functional groups attached to an aromatic ring is 1. The van der Waals surface area contributed by atoms with E-state index in [0.29, 0.717) is 17.4 Å². The lowest BCUT2D eigenvalue weighted by Crippen LogP contribution is -2.18. The number of hydrogen-bond donors (Lipinski definition) is 2. The molecular formula is C16H10F2N2O3. The molecule has 0 bridgehead atoms. The molecule has 0 aliphatic heterocycles. The monoisotopic (exact) mass is 316 g/mol. The molecule has 5 nitrogen and oxygen atoms in total. The zero-order valence-electron chi connectivity index (χ0n) is 11.6. The summed E-state index contributed by atoms with van der Waals surface area (Å²) < 4.78 is 28.3. The van der Waals surface area contributed by atoms with Crippen LogP contribution >= 0.6 is 0 Å². The van der Waals surface area contributed by atoms with E-state index in [1.54, 1.807) is 24.3 Å². The first-order valence-corrected chi connectivity index (χ1v) is 6.52. The minimum absolute atomic E-state index is 0.0590. The van der Waals surface area contributed by atoms with Crippen LogP contribution in [0, 0.1) is 11.6 Å². The maximum atomic E-state index is 13.6. The molecule has 23 heavy (non-hydrogen) atoms. The third kappa shape index (κ3) is 2.42. The second kappa shape index (κ2) is 5.20.